The average Bonchev–Trinajstić information content (AvgIpc) is 2.67. The number of aliphatic imine (C=N–C) groups is 1. The Morgan fingerprint density at radius 1 is 1.41 bits per heavy atom. The second kappa shape index (κ2) is 6.67. The summed E-state index contributed by atoms with van der Waals surface area (Å²) < 4.78 is 3.94. The molecule has 0 spiro atoms. The van der Waals surface area contributed by atoms with Crippen LogP contribution in [-0.2, 0) is 18.4 Å². The van der Waals surface area contributed by atoms with E-state index in [1.807, 2.05) is 34.9 Å². The van der Waals surface area contributed by atoms with Gasteiger partial charge in [-0.1, -0.05) is 0 Å². The van der Waals surface area contributed by atoms with Crippen molar-refractivity contribution in [3.63, 3.8) is 0 Å². The van der Waals surface area contributed by atoms with Crippen molar-refractivity contribution in [1.29, 1.82) is 0 Å². The van der Waals surface area contributed by atoms with Gasteiger partial charge in [-0.05, 0) is 6.42 Å². The molecule has 1 aromatic heterocycles. The Morgan fingerprint density at radius 2 is 2.18 bits per heavy atom. The van der Waals surface area contributed by atoms with Gasteiger partial charge in [0.15, 0.2) is 5.96 Å². The Morgan fingerprint density at radius 3 is 2.76 bits per heavy atom. The highest BCUT2D eigenvalue weighted by atomic mass is 16.1. The highest BCUT2D eigenvalue weighted by molar-refractivity contribution is 5.78. The van der Waals surface area contributed by atoms with Crippen molar-refractivity contribution in [1.82, 2.24) is 4.57 Å². The zero-order chi connectivity index (χ0) is 12.7. The number of carbonyl (C=O) groups excluding carboxylic acids is 1. The van der Waals surface area contributed by atoms with Crippen molar-refractivity contribution in [3.05, 3.63) is 18.7 Å². The molecule has 94 valence electrons. The van der Waals surface area contributed by atoms with Crippen LogP contribution in [0.25, 0.3) is 0 Å². The molecule has 0 saturated heterocycles. The SMILES string of the molecule is C[n+]1ccn(CCC(=O)CCCN=C(N)N)c1. The minimum absolute atomic E-state index is 0.0808. The van der Waals surface area contributed by atoms with Gasteiger partial charge in [0.1, 0.15) is 18.2 Å². The van der Waals surface area contributed by atoms with Gasteiger partial charge in [-0.15, -0.1) is 0 Å². The third-order valence-corrected chi connectivity index (χ3v) is 2.38. The molecule has 0 fully saturated rings. The van der Waals surface area contributed by atoms with E-state index >= 15 is 0 Å². The Balaban J connectivity index is 2.15. The Bertz CT molecular complexity index is 392. The quantitative estimate of drug-likeness (QED) is 0.285. The number of hydrogen-bond donors (Lipinski definition) is 2. The molecule has 17 heavy (non-hydrogen) atoms. The number of carbonyl (C=O) groups is 1. The van der Waals surface area contributed by atoms with Crippen LogP contribution in [0.1, 0.15) is 19.3 Å². The fourth-order valence-electron chi connectivity index (χ4n) is 1.50. The minimum Gasteiger partial charge on any atom is -0.370 e. The van der Waals surface area contributed by atoms with Crippen LogP contribution in [0.4, 0.5) is 0 Å². The predicted molar refractivity (Wildman–Crippen MR) is 65.1 cm³/mol. The van der Waals surface area contributed by atoms with E-state index in [2.05, 4.69) is 4.99 Å². The van der Waals surface area contributed by atoms with Crippen LogP contribution in [0.3, 0.4) is 0 Å². The van der Waals surface area contributed by atoms with E-state index in [1.165, 1.54) is 0 Å². The first-order valence-corrected chi connectivity index (χ1v) is 5.66. The zero-order valence-electron chi connectivity index (χ0n) is 10.2. The molecular weight excluding hydrogens is 218 g/mol. The van der Waals surface area contributed by atoms with Gasteiger partial charge in [0.05, 0.1) is 13.6 Å². The summed E-state index contributed by atoms with van der Waals surface area (Å²) >= 11 is 0. The topological polar surface area (TPSA) is 90.3 Å². The minimum atomic E-state index is 0.0808. The standard InChI is InChI=1S/C11H20N5O/c1-15-7-8-16(9-15)6-4-10(17)3-2-5-14-11(12)13/h7-9H,2-6H2,1H3,(H4,12,13,14)/q+1. The highest BCUT2D eigenvalue weighted by Gasteiger charge is 2.05. The first-order chi connectivity index (χ1) is 8.08. The molecule has 0 atom stereocenters. The monoisotopic (exact) mass is 238 g/mol. The number of rotatable bonds is 7. The Labute approximate surface area is 101 Å². The van der Waals surface area contributed by atoms with Crippen molar-refractivity contribution in [3.8, 4) is 0 Å². The van der Waals surface area contributed by atoms with E-state index in [4.69, 9.17) is 11.5 Å². The van der Waals surface area contributed by atoms with Crippen LogP contribution in [0.2, 0.25) is 0 Å². The lowest BCUT2D eigenvalue weighted by Gasteiger charge is -1.98. The molecule has 1 heterocycles. The number of imidazole rings is 1. The van der Waals surface area contributed by atoms with E-state index in [0.717, 1.165) is 6.54 Å². The largest absolute Gasteiger partial charge is 0.370 e. The van der Waals surface area contributed by atoms with Gasteiger partial charge in [0.25, 0.3) is 0 Å². The summed E-state index contributed by atoms with van der Waals surface area (Å²) in [7, 11) is 1.95. The molecule has 0 aromatic carbocycles. The number of aryl methyl sites for hydroxylation is 2. The summed E-state index contributed by atoms with van der Waals surface area (Å²) in [6.45, 7) is 1.24. The summed E-state index contributed by atoms with van der Waals surface area (Å²) in [6, 6.07) is 0. The third-order valence-electron chi connectivity index (χ3n) is 2.38. The maximum Gasteiger partial charge on any atom is 0.243 e. The van der Waals surface area contributed by atoms with Gasteiger partial charge in [0, 0.05) is 19.4 Å². The summed E-state index contributed by atoms with van der Waals surface area (Å²) in [4.78, 5) is 15.4. The van der Waals surface area contributed by atoms with Crippen molar-refractivity contribution in [2.24, 2.45) is 23.5 Å². The highest BCUT2D eigenvalue weighted by Crippen LogP contribution is 1.98. The second-order valence-corrected chi connectivity index (χ2v) is 4.02. The van der Waals surface area contributed by atoms with Gasteiger partial charge >= 0.3 is 0 Å². The normalized spacial score (nSPS) is 10.2. The Hall–Kier alpha value is -1.85. The van der Waals surface area contributed by atoms with Gasteiger partial charge in [0.2, 0.25) is 6.33 Å². The lowest BCUT2D eigenvalue weighted by atomic mass is 10.1. The summed E-state index contributed by atoms with van der Waals surface area (Å²) in [6.07, 6.45) is 7.64. The number of nitrogens with two attached hydrogens (primary N) is 2. The number of ketones is 1. The van der Waals surface area contributed by atoms with E-state index in [1.54, 1.807) is 0 Å². The molecule has 0 aliphatic rings. The second-order valence-electron chi connectivity index (χ2n) is 4.02. The molecule has 0 aliphatic heterocycles. The molecule has 0 amide bonds. The number of aromatic nitrogens is 2. The summed E-state index contributed by atoms with van der Waals surface area (Å²) in [5.41, 5.74) is 10.4. The lowest BCUT2D eigenvalue weighted by Crippen LogP contribution is -2.24. The molecule has 1 aromatic rings. The smallest absolute Gasteiger partial charge is 0.243 e. The molecule has 0 saturated carbocycles. The molecule has 1 rings (SSSR count). The van der Waals surface area contributed by atoms with Crippen LogP contribution < -0.4 is 16.0 Å². The number of nitrogens with zero attached hydrogens (tertiary/aromatic N) is 3. The van der Waals surface area contributed by atoms with Crippen LogP contribution in [-0.4, -0.2) is 22.9 Å². The Kier molecular flexibility index (Phi) is 5.19. The molecule has 0 aliphatic carbocycles. The third kappa shape index (κ3) is 5.70. The predicted octanol–water partition coefficient (Wildman–Crippen LogP) is -0.675. The number of guanidine groups is 1. The zero-order valence-corrected chi connectivity index (χ0v) is 10.2. The maximum atomic E-state index is 11.5. The van der Waals surface area contributed by atoms with Gasteiger partial charge < -0.3 is 11.5 Å². The van der Waals surface area contributed by atoms with Gasteiger partial charge in [-0.25, -0.2) is 9.13 Å². The molecule has 6 nitrogen and oxygen atoms in total. The van der Waals surface area contributed by atoms with Crippen molar-refractivity contribution in [2.45, 2.75) is 25.8 Å². The van der Waals surface area contributed by atoms with Gasteiger partial charge in [-0.2, -0.15) is 0 Å². The maximum absolute atomic E-state index is 11.5. The summed E-state index contributed by atoms with van der Waals surface area (Å²) in [5.74, 6) is 0.324. The molecule has 6 heteroatoms. The molecular formula is C11H20N5O+. The van der Waals surface area contributed by atoms with Crippen LogP contribution in [0.5, 0.6) is 0 Å². The fourth-order valence-corrected chi connectivity index (χ4v) is 1.50. The van der Waals surface area contributed by atoms with E-state index in [-0.39, 0.29) is 11.7 Å². The molecule has 0 radical (unpaired) electrons. The van der Waals surface area contributed by atoms with Crippen molar-refractivity contribution >= 4 is 11.7 Å². The van der Waals surface area contributed by atoms with Crippen LogP contribution in [0, 0.1) is 0 Å². The van der Waals surface area contributed by atoms with Crippen molar-refractivity contribution in [2.75, 3.05) is 6.54 Å². The summed E-state index contributed by atoms with van der Waals surface area (Å²) in [5, 5.41) is 0. The lowest BCUT2D eigenvalue weighted by molar-refractivity contribution is -0.671. The van der Waals surface area contributed by atoms with Crippen LogP contribution >= 0.6 is 0 Å². The molecule has 0 unspecified atom stereocenters. The fraction of sp³-hybridized carbons (Fsp3) is 0.545. The number of Topliss-reactive ketones (excluding diaryl/α,β-unsaturated/α-hetero) is 1. The van der Waals surface area contributed by atoms with Gasteiger partial charge in [-0.3, -0.25) is 9.79 Å². The average molecular weight is 238 g/mol. The first-order valence-electron chi connectivity index (χ1n) is 5.66. The number of hydrogen-bond acceptors (Lipinski definition) is 2. The van der Waals surface area contributed by atoms with Crippen molar-refractivity contribution < 1.29 is 9.36 Å². The van der Waals surface area contributed by atoms with E-state index in [9.17, 15) is 4.79 Å². The molecule has 0 bridgehead atoms. The van der Waals surface area contributed by atoms with Crippen LogP contribution in [0.15, 0.2) is 23.7 Å². The molecule has 4 N–H and O–H groups in total. The first kappa shape index (κ1) is 13.2. The van der Waals surface area contributed by atoms with E-state index < -0.39 is 0 Å². The van der Waals surface area contributed by atoms with E-state index in [0.29, 0.717) is 25.8 Å².